The van der Waals surface area contributed by atoms with E-state index in [9.17, 15) is 17.6 Å². The number of hydrogen-bond donors (Lipinski definition) is 1. The van der Waals surface area contributed by atoms with Crippen molar-refractivity contribution in [3.05, 3.63) is 58.8 Å². The second kappa shape index (κ2) is 7.85. The van der Waals surface area contributed by atoms with Crippen molar-refractivity contribution in [3.63, 3.8) is 0 Å². The molecule has 1 saturated heterocycles. The van der Waals surface area contributed by atoms with E-state index in [1.54, 1.807) is 24.3 Å². The number of sulfonamides is 1. The Morgan fingerprint density at radius 1 is 1.15 bits per heavy atom. The molecular weight excluding hydrogens is 423 g/mol. The van der Waals surface area contributed by atoms with Crippen LogP contribution in [0.25, 0.3) is 0 Å². The minimum atomic E-state index is -3.79. The second-order valence-corrected chi connectivity index (χ2v) is 8.86. The fourth-order valence-corrected chi connectivity index (χ4v) is 5.00. The lowest BCUT2D eigenvalue weighted by molar-refractivity contribution is -0.120. The molecule has 8 heteroatoms. The predicted octanol–water partition coefficient (Wildman–Crippen LogP) is 3.77. The molecule has 1 fully saturated rings. The quantitative estimate of drug-likeness (QED) is 0.786. The molecule has 2 aromatic carbocycles. The molecule has 0 spiro atoms. The smallest absolute Gasteiger partial charge is 0.243 e. The summed E-state index contributed by atoms with van der Waals surface area (Å²) in [6, 6.07) is 11.5. The lowest BCUT2D eigenvalue weighted by Gasteiger charge is -2.33. The first-order chi connectivity index (χ1) is 12.4. The van der Waals surface area contributed by atoms with Crippen LogP contribution in [0.15, 0.2) is 57.9 Å². The van der Waals surface area contributed by atoms with Gasteiger partial charge in [-0.05, 0) is 43.2 Å². The van der Waals surface area contributed by atoms with Crippen molar-refractivity contribution in [3.8, 4) is 0 Å². The summed E-state index contributed by atoms with van der Waals surface area (Å²) in [4.78, 5) is 12.8. The zero-order chi connectivity index (χ0) is 18.7. The summed E-state index contributed by atoms with van der Waals surface area (Å²) >= 11 is 3.16. The molecule has 1 amide bonds. The van der Waals surface area contributed by atoms with Crippen LogP contribution in [0.1, 0.15) is 19.3 Å². The van der Waals surface area contributed by atoms with Gasteiger partial charge in [0.25, 0.3) is 0 Å². The monoisotopic (exact) mass is 440 g/mol. The summed E-state index contributed by atoms with van der Waals surface area (Å²) in [6.45, 7) is 0.262. The number of hydrogen-bond acceptors (Lipinski definition) is 3. The van der Waals surface area contributed by atoms with E-state index in [-0.39, 0.29) is 17.1 Å². The Balaban J connectivity index is 1.86. The van der Waals surface area contributed by atoms with E-state index in [0.717, 1.165) is 6.42 Å². The summed E-state index contributed by atoms with van der Waals surface area (Å²) in [5.41, 5.74) is 0.0285. The average Bonchev–Trinajstić information content (AvgIpc) is 2.64. The van der Waals surface area contributed by atoms with Crippen molar-refractivity contribution in [1.29, 1.82) is 0 Å². The molecule has 1 atom stereocenters. The number of benzene rings is 2. The molecule has 1 N–H and O–H groups in total. The number of amides is 1. The SMILES string of the molecule is O=C(Nc1ccc(Br)cc1F)C1CCCCN1S(=O)(=O)c1ccccc1. The van der Waals surface area contributed by atoms with Gasteiger partial charge in [0.2, 0.25) is 15.9 Å². The van der Waals surface area contributed by atoms with Crippen molar-refractivity contribution in [2.45, 2.75) is 30.2 Å². The van der Waals surface area contributed by atoms with Crippen LogP contribution >= 0.6 is 15.9 Å². The summed E-state index contributed by atoms with van der Waals surface area (Å²) in [7, 11) is -3.79. The highest BCUT2D eigenvalue weighted by Crippen LogP contribution is 2.27. The van der Waals surface area contributed by atoms with Crippen LogP contribution < -0.4 is 5.32 Å². The number of carbonyl (C=O) groups is 1. The van der Waals surface area contributed by atoms with E-state index >= 15 is 0 Å². The van der Waals surface area contributed by atoms with Crippen LogP contribution in [-0.2, 0) is 14.8 Å². The molecule has 0 bridgehead atoms. The Morgan fingerprint density at radius 3 is 2.58 bits per heavy atom. The summed E-state index contributed by atoms with van der Waals surface area (Å²) < 4.78 is 41.6. The number of nitrogens with zero attached hydrogens (tertiary/aromatic N) is 1. The van der Waals surface area contributed by atoms with Gasteiger partial charge in [0.1, 0.15) is 11.9 Å². The average molecular weight is 441 g/mol. The molecule has 1 aliphatic rings. The maximum Gasteiger partial charge on any atom is 0.243 e. The highest BCUT2D eigenvalue weighted by Gasteiger charge is 2.37. The van der Waals surface area contributed by atoms with Gasteiger partial charge in [-0.2, -0.15) is 4.31 Å². The Kier molecular flexibility index (Phi) is 5.74. The van der Waals surface area contributed by atoms with Crippen molar-refractivity contribution in [2.24, 2.45) is 0 Å². The van der Waals surface area contributed by atoms with Crippen LogP contribution in [0.4, 0.5) is 10.1 Å². The minimum absolute atomic E-state index is 0.0285. The van der Waals surface area contributed by atoms with Crippen LogP contribution in [0.2, 0.25) is 0 Å². The van der Waals surface area contributed by atoms with Gasteiger partial charge in [-0.1, -0.05) is 40.5 Å². The van der Waals surface area contributed by atoms with E-state index in [2.05, 4.69) is 21.2 Å². The molecule has 1 aliphatic heterocycles. The molecule has 1 unspecified atom stereocenters. The fourth-order valence-electron chi connectivity index (χ4n) is 2.99. The first-order valence-electron chi connectivity index (χ1n) is 8.22. The van der Waals surface area contributed by atoms with E-state index in [0.29, 0.717) is 17.3 Å². The zero-order valence-electron chi connectivity index (χ0n) is 13.9. The van der Waals surface area contributed by atoms with Gasteiger partial charge in [0.15, 0.2) is 0 Å². The van der Waals surface area contributed by atoms with E-state index in [1.807, 2.05) is 0 Å². The van der Waals surface area contributed by atoms with Crippen LogP contribution in [0.5, 0.6) is 0 Å². The highest BCUT2D eigenvalue weighted by atomic mass is 79.9. The molecule has 5 nitrogen and oxygen atoms in total. The third kappa shape index (κ3) is 3.97. The van der Waals surface area contributed by atoms with Crippen molar-refractivity contribution < 1.29 is 17.6 Å². The molecule has 26 heavy (non-hydrogen) atoms. The molecule has 0 radical (unpaired) electrons. The minimum Gasteiger partial charge on any atom is -0.322 e. The van der Waals surface area contributed by atoms with Gasteiger partial charge in [0, 0.05) is 11.0 Å². The Hall–Kier alpha value is -1.77. The van der Waals surface area contributed by atoms with E-state index in [4.69, 9.17) is 0 Å². The van der Waals surface area contributed by atoms with E-state index in [1.165, 1.54) is 28.6 Å². The van der Waals surface area contributed by atoms with Gasteiger partial charge in [0.05, 0.1) is 10.6 Å². The van der Waals surface area contributed by atoms with Crippen molar-refractivity contribution in [2.75, 3.05) is 11.9 Å². The molecular formula is C18H18BrFN2O3S. The first-order valence-corrected chi connectivity index (χ1v) is 10.5. The maximum absolute atomic E-state index is 14.0. The number of halogens is 2. The number of piperidine rings is 1. The Morgan fingerprint density at radius 2 is 1.88 bits per heavy atom. The van der Waals surface area contributed by atoms with Gasteiger partial charge >= 0.3 is 0 Å². The Labute approximate surface area is 160 Å². The molecule has 1 heterocycles. The summed E-state index contributed by atoms with van der Waals surface area (Å²) in [5.74, 6) is -1.11. The predicted molar refractivity (Wildman–Crippen MR) is 101 cm³/mol. The number of nitrogens with one attached hydrogen (secondary N) is 1. The van der Waals surface area contributed by atoms with E-state index < -0.39 is 27.8 Å². The second-order valence-electron chi connectivity index (χ2n) is 6.05. The molecule has 0 aromatic heterocycles. The normalized spacial score (nSPS) is 18.5. The molecule has 2 aromatic rings. The zero-order valence-corrected chi connectivity index (χ0v) is 16.3. The van der Waals surface area contributed by atoms with Crippen molar-refractivity contribution in [1.82, 2.24) is 4.31 Å². The highest BCUT2D eigenvalue weighted by molar-refractivity contribution is 9.10. The maximum atomic E-state index is 14.0. The summed E-state index contributed by atoms with van der Waals surface area (Å²) in [5, 5.41) is 2.52. The molecule has 3 rings (SSSR count). The molecule has 0 aliphatic carbocycles. The third-order valence-corrected chi connectivity index (χ3v) is 6.71. The number of carbonyl (C=O) groups excluding carboxylic acids is 1. The Bertz CT molecular complexity index is 906. The number of anilines is 1. The molecule has 0 saturated carbocycles. The number of rotatable bonds is 4. The van der Waals surface area contributed by atoms with Gasteiger partial charge in [-0.15, -0.1) is 0 Å². The fraction of sp³-hybridized carbons (Fsp3) is 0.278. The third-order valence-electron chi connectivity index (χ3n) is 4.30. The lowest BCUT2D eigenvalue weighted by Crippen LogP contribution is -2.49. The van der Waals surface area contributed by atoms with Gasteiger partial charge in [-0.3, -0.25) is 4.79 Å². The van der Waals surface area contributed by atoms with Crippen molar-refractivity contribution >= 4 is 37.5 Å². The van der Waals surface area contributed by atoms with Crippen LogP contribution in [0, 0.1) is 5.82 Å². The lowest BCUT2D eigenvalue weighted by atomic mass is 10.0. The largest absolute Gasteiger partial charge is 0.322 e. The van der Waals surface area contributed by atoms with Crippen LogP contribution in [0.3, 0.4) is 0 Å². The first kappa shape index (κ1) is 19.0. The van der Waals surface area contributed by atoms with Crippen LogP contribution in [-0.4, -0.2) is 31.2 Å². The standard InChI is InChI=1S/C18H18BrFN2O3S/c19-13-9-10-16(15(20)12-13)21-18(23)17-8-4-5-11-22(17)26(24,25)14-6-2-1-3-7-14/h1-3,6-7,9-10,12,17H,4-5,8,11H2,(H,21,23). The topological polar surface area (TPSA) is 66.5 Å². The van der Waals surface area contributed by atoms with Gasteiger partial charge < -0.3 is 5.32 Å². The molecule has 138 valence electrons. The summed E-state index contributed by atoms with van der Waals surface area (Å²) in [6.07, 6.45) is 1.82. The van der Waals surface area contributed by atoms with Gasteiger partial charge in [-0.25, -0.2) is 12.8 Å².